The summed E-state index contributed by atoms with van der Waals surface area (Å²) in [6.07, 6.45) is 4.56. The molecule has 0 saturated heterocycles. The molecule has 1 rings (SSSR count). The summed E-state index contributed by atoms with van der Waals surface area (Å²) in [5, 5.41) is 2.74. The van der Waals surface area contributed by atoms with E-state index in [9.17, 15) is 13.6 Å². The molecular weight excluding hydrogens is 328 g/mol. The Morgan fingerprint density at radius 3 is 2.30 bits per heavy atom. The second-order valence-corrected chi connectivity index (χ2v) is 5.76. The van der Waals surface area contributed by atoms with Gasteiger partial charge in [0.15, 0.2) is 0 Å². The number of carbonyl (C=O) groups excluding carboxylic acids is 1. The molecule has 0 spiro atoms. The molecule has 0 aliphatic carbocycles. The van der Waals surface area contributed by atoms with Gasteiger partial charge in [-0.15, -0.1) is 0 Å². The van der Waals surface area contributed by atoms with Gasteiger partial charge in [0, 0.05) is 10.5 Å². The molecule has 0 aliphatic rings. The van der Waals surface area contributed by atoms with Crippen molar-refractivity contribution in [1.29, 1.82) is 0 Å². The fraction of sp³-hybridized carbons (Fsp3) is 0.533. The van der Waals surface area contributed by atoms with Gasteiger partial charge in [-0.25, -0.2) is 8.78 Å². The highest BCUT2D eigenvalue weighted by atomic mass is 79.9. The molecule has 0 aromatic heterocycles. The van der Waals surface area contributed by atoms with Gasteiger partial charge in [0.2, 0.25) is 0 Å². The zero-order valence-electron chi connectivity index (χ0n) is 11.8. The zero-order chi connectivity index (χ0) is 15.1. The number of amides is 1. The molecule has 1 amide bonds. The minimum absolute atomic E-state index is 0.0325. The van der Waals surface area contributed by atoms with Gasteiger partial charge in [0.25, 0.3) is 5.91 Å². The number of unbranched alkanes of at least 4 members (excludes halogenated alkanes) is 1. The predicted octanol–water partition coefficient (Wildman–Crippen LogP) is 4.82. The SMILES string of the molecule is CCCCC(CCC)NC(=O)c1c(F)cc(Br)cc1F. The van der Waals surface area contributed by atoms with Crippen LogP contribution in [0, 0.1) is 11.6 Å². The number of hydrogen-bond acceptors (Lipinski definition) is 1. The highest BCUT2D eigenvalue weighted by Crippen LogP contribution is 2.20. The van der Waals surface area contributed by atoms with E-state index in [1.807, 2.05) is 6.92 Å². The van der Waals surface area contributed by atoms with Crippen LogP contribution >= 0.6 is 15.9 Å². The number of halogens is 3. The van der Waals surface area contributed by atoms with E-state index in [0.29, 0.717) is 0 Å². The number of benzene rings is 1. The molecule has 0 saturated carbocycles. The van der Waals surface area contributed by atoms with E-state index in [4.69, 9.17) is 0 Å². The molecule has 20 heavy (non-hydrogen) atoms. The number of nitrogens with one attached hydrogen (secondary N) is 1. The second kappa shape index (κ2) is 8.35. The van der Waals surface area contributed by atoms with Gasteiger partial charge < -0.3 is 5.32 Å². The van der Waals surface area contributed by atoms with E-state index in [2.05, 4.69) is 28.2 Å². The van der Waals surface area contributed by atoms with Gasteiger partial charge in [-0.05, 0) is 25.0 Å². The Hall–Kier alpha value is -0.970. The van der Waals surface area contributed by atoms with Crippen LogP contribution in [-0.2, 0) is 0 Å². The summed E-state index contributed by atoms with van der Waals surface area (Å²) in [4.78, 5) is 12.0. The molecule has 112 valence electrons. The molecule has 1 unspecified atom stereocenters. The summed E-state index contributed by atoms with van der Waals surface area (Å²) in [5.41, 5.74) is -0.509. The first-order valence-corrected chi connectivity index (χ1v) is 7.74. The fourth-order valence-corrected chi connectivity index (χ4v) is 2.51. The number of hydrogen-bond donors (Lipinski definition) is 1. The van der Waals surface area contributed by atoms with Gasteiger partial charge in [-0.3, -0.25) is 4.79 Å². The smallest absolute Gasteiger partial charge is 0.257 e. The maximum absolute atomic E-state index is 13.7. The van der Waals surface area contributed by atoms with Crippen LogP contribution in [0.5, 0.6) is 0 Å². The van der Waals surface area contributed by atoms with E-state index in [0.717, 1.165) is 44.2 Å². The Morgan fingerprint density at radius 1 is 1.20 bits per heavy atom. The Morgan fingerprint density at radius 2 is 1.80 bits per heavy atom. The average molecular weight is 348 g/mol. The van der Waals surface area contributed by atoms with Crippen molar-refractivity contribution < 1.29 is 13.6 Å². The van der Waals surface area contributed by atoms with Crippen LogP contribution in [0.15, 0.2) is 16.6 Å². The zero-order valence-corrected chi connectivity index (χ0v) is 13.4. The second-order valence-electron chi connectivity index (χ2n) is 4.85. The fourth-order valence-electron chi connectivity index (χ4n) is 2.10. The van der Waals surface area contributed by atoms with Crippen molar-refractivity contribution in [3.63, 3.8) is 0 Å². The minimum Gasteiger partial charge on any atom is -0.349 e. The van der Waals surface area contributed by atoms with Crippen LogP contribution in [0.25, 0.3) is 0 Å². The lowest BCUT2D eigenvalue weighted by Crippen LogP contribution is -2.35. The molecule has 1 N–H and O–H groups in total. The third kappa shape index (κ3) is 4.85. The molecule has 0 aliphatic heterocycles. The lowest BCUT2D eigenvalue weighted by atomic mass is 10.0. The third-order valence-corrected chi connectivity index (χ3v) is 3.57. The largest absolute Gasteiger partial charge is 0.349 e. The normalized spacial score (nSPS) is 12.2. The van der Waals surface area contributed by atoms with E-state index >= 15 is 0 Å². The van der Waals surface area contributed by atoms with Crippen LogP contribution in [0.1, 0.15) is 56.3 Å². The van der Waals surface area contributed by atoms with Crippen molar-refractivity contribution in [1.82, 2.24) is 5.32 Å². The molecular formula is C15H20BrF2NO. The number of carbonyl (C=O) groups is 1. The summed E-state index contributed by atoms with van der Waals surface area (Å²) in [6.45, 7) is 4.09. The summed E-state index contributed by atoms with van der Waals surface area (Å²) >= 11 is 2.99. The van der Waals surface area contributed by atoms with Crippen LogP contribution in [-0.4, -0.2) is 11.9 Å². The summed E-state index contributed by atoms with van der Waals surface area (Å²) in [7, 11) is 0. The van der Waals surface area contributed by atoms with Crippen LogP contribution in [0.2, 0.25) is 0 Å². The Kier molecular flexibility index (Phi) is 7.13. The Bertz CT molecular complexity index is 442. The van der Waals surface area contributed by atoms with Crippen molar-refractivity contribution in [2.75, 3.05) is 0 Å². The van der Waals surface area contributed by atoms with Crippen molar-refractivity contribution in [3.05, 3.63) is 33.8 Å². The highest BCUT2D eigenvalue weighted by Gasteiger charge is 2.20. The van der Waals surface area contributed by atoms with Crippen molar-refractivity contribution >= 4 is 21.8 Å². The van der Waals surface area contributed by atoms with E-state index in [1.54, 1.807) is 0 Å². The molecule has 2 nitrogen and oxygen atoms in total. The lowest BCUT2D eigenvalue weighted by Gasteiger charge is -2.18. The molecule has 1 aromatic rings. The van der Waals surface area contributed by atoms with E-state index in [-0.39, 0.29) is 10.5 Å². The maximum atomic E-state index is 13.7. The van der Waals surface area contributed by atoms with Crippen LogP contribution in [0.3, 0.4) is 0 Å². The first-order chi connectivity index (χ1) is 9.49. The topological polar surface area (TPSA) is 29.1 Å². The molecule has 0 fully saturated rings. The molecule has 1 atom stereocenters. The summed E-state index contributed by atoms with van der Waals surface area (Å²) < 4.78 is 27.7. The highest BCUT2D eigenvalue weighted by molar-refractivity contribution is 9.10. The average Bonchev–Trinajstić information content (AvgIpc) is 2.34. The van der Waals surface area contributed by atoms with Gasteiger partial charge >= 0.3 is 0 Å². The first kappa shape index (κ1) is 17.1. The van der Waals surface area contributed by atoms with Crippen LogP contribution in [0.4, 0.5) is 8.78 Å². The maximum Gasteiger partial charge on any atom is 0.257 e. The Labute approximate surface area is 127 Å². The monoisotopic (exact) mass is 347 g/mol. The first-order valence-electron chi connectivity index (χ1n) is 6.95. The van der Waals surface area contributed by atoms with E-state index < -0.39 is 23.1 Å². The summed E-state index contributed by atoms with van der Waals surface area (Å²) in [6, 6.07) is 2.16. The molecule has 5 heteroatoms. The van der Waals surface area contributed by atoms with Crippen LogP contribution < -0.4 is 5.32 Å². The van der Waals surface area contributed by atoms with Gasteiger partial charge in [-0.1, -0.05) is 49.0 Å². The minimum atomic E-state index is -0.847. The quantitative estimate of drug-likeness (QED) is 0.752. The summed E-state index contributed by atoms with van der Waals surface area (Å²) in [5.74, 6) is -2.37. The van der Waals surface area contributed by atoms with Gasteiger partial charge in [0.1, 0.15) is 17.2 Å². The van der Waals surface area contributed by atoms with Crippen molar-refractivity contribution in [3.8, 4) is 0 Å². The van der Waals surface area contributed by atoms with Crippen molar-refractivity contribution in [2.45, 2.75) is 52.0 Å². The molecule has 0 heterocycles. The molecule has 1 aromatic carbocycles. The molecule has 0 bridgehead atoms. The standard InChI is InChI=1S/C15H20BrF2NO/c1-3-5-7-11(6-4-2)19-15(20)14-12(17)8-10(16)9-13(14)18/h8-9,11H,3-7H2,1-2H3,(H,19,20). The third-order valence-electron chi connectivity index (χ3n) is 3.11. The lowest BCUT2D eigenvalue weighted by molar-refractivity contribution is 0.0923. The predicted molar refractivity (Wildman–Crippen MR) is 79.7 cm³/mol. The molecule has 0 radical (unpaired) electrons. The Balaban J connectivity index is 2.83. The van der Waals surface area contributed by atoms with Gasteiger partial charge in [-0.2, -0.15) is 0 Å². The van der Waals surface area contributed by atoms with Crippen molar-refractivity contribution in [2.24, 2.45) is 0 Å². The van der Waals surface area contributed by atoms with Gasteiger partial charge in [0.05, 0.1) is 0 Å². The number of rotatable bonds is 7. The van der Waals surface area contributed by atoms with E-state index in [1.165, 1.54) is 0 Å².